The number of aryl methyl sites for hydroxylation is 1. The zero-order chi connectivity index (χ0) is 9.97. The minimum Gasteiger partial charge on any atom is -0.396 e. The number of aliphatic hydroxyl groups is 1. The highest BCUT2D eigenvalue weighted by atomic mass is 32.2. The Hall–Kier alpha value is -0.810. The van der Waals surface area contributed by atoms with Crippen LogP contribution in [-0.4, -0.2) is 27.4 Å². The summed E-state index contributed by atoms with van der Waals surface area (Å²) in [5.41, 5.74) is 7.98. The van der Waals surface area contributed by atoms with Crippen LogP contribution in [0.15, 0.2) is 0 Å². The van der Waals surface area contributed by atoms with Gasteiger partial charge in [-0.25, -0.2) is 9.97 Å². The number of hydrogen-bond acceptors (Lipinski definition) is 5. The highest BCUT2D eigenvalue weighted by molar-refractivity contribution is 7.98. The largest absolute Gasteiger partial charge is 0.396 e. The Morgan fingerprint density at radius 2 is 2.29 bits per heavy atom. The van der Waals surface area contributed by atoms with Gasteiger partial charge in [0.25, 0.3) is 0 Å². The van der Waals surface area contributed by atoms with Crippen molar-refractivity contribution in [2.45, 2.75) is 18.6 Å². The van der Waals surface area contributed by atoms with Gasteiger partial charge in [-0.15, -0.1) is 0 Å². The summed E-state index contributed by atoms with van der Waals surface area (Å²) in [7, 11) is 0. The summed E-state index contributed by atoms with van der Waals surface area (Å²) in [6.07, 6.45) is 1.45. The van der Waals surface area contributed by atoms with E-state index in [1.165, 1.54) is 0 Å². The summed E-state index contributed by atoms with van der Waals surface area (Å²) >= 11 is 1.86. The molecule has 0 saturated heterocycles. The van der Waals surface area contributed by atoms with Crippen LogP contribution >= 0.6 is 11.8 Å². The Balaban J connectivity index is 2.36. The fourth-order valence-electron chi connectivity index (χ4n) is 1.52. The predicted molar refractivity (Wildman–Crippen MR) is 57.1 cm³/mol. The molecule has 0 atom stereocenters. The van der Waals surface area contributed by atoms with Crippen LogP contribution in [0.3, 0.4) is 0 Å². The van der Waals surface area contributed by atoms with E-state index < -0.39 is 0 Å². The molecule has 1 aromatic heterocycles. The van der Waals surface area contributed by atoms with Crippen LogP contribution in [0.4, 0.5) is 5.82 Å². The monoisotopic (exact) mass is 211 g/mol. The molecule has 3 N–H and O–H groups in total. The van der Waals surface area contributed by atoms with E-state index in [9.17, 15) is 0 Å². The lowest BCUT2D eigenvalue weighted by atomic mass is 10.2. The highest BCUT2D eigenvalue weighted by Gasteiger charge is 2.15. The topological polar surface area (TPSA) is 72.0 Å². The number of anilines is 1. The molecule has 5 heteroatoms. The third-order valence-corrected chi connectivity index (χ3v) is 3.22. The van der Waals surface area contributed by atoms with Gasteiger partial charge in [-0.1, -0.05) is 0 Å². The van der Waals surface area contributed by atoms with E-state index in [2.05, 4.69) is 9.97 Å². The molecule has 4 nitrogen and oxygen atoms in total. The Kier molecular flexibility index (Phi) is 2.88. The first-order chi connectivity index (χ1) is 6.81. The third-order valence-electron chi connectivity index (χ3n) is 2.24. The van der Waals surface area contributed by atoms with Gasteiger partial charge in [0.2, 0.25) is 0 Å². The average molecular weight is 211 g/mol. The van der Waals surface area contributed by atoms with E-state index in [1.54, 1.807) is 0 Å². The van der Waals surface area contributed by atoms with Gasteiger partial charge in [-0.05, 0) is 12.2 Å². The first kappa shape index (κ1) is 9.73. The predicted octanol–water partition coefficient (Wildman–Crippen LogP) is 0.383. The lowest BCUT2D eigenvalue weighted by Crippen LogP contribution is -2.13. The van der Waals surface area contributed by atoms with Gasteiger partial charge in [-0.3, -0.25) is 0 Å². The summed E-state index contributed by atoms with van der Waals surface area (Å²) in [5, 5.41) is 8.79. The van der Waals surface area contributed by atoms with Crippen molar-refractivity contribution < 1.29 is 5.11 Å². The minimum atomic E-state index is 0.0764. The number of thioether (sulfide) groups is 1. The fourth-order valence-corrected chi connectivity index (χ4v) is 2.52. The minimum absolute atomic E-state index is 0.0764. The maximum Gasteiger partial charge on any atom is 0.133 e. The van der Waals surface area contributed by atoms with Crippen LogP contribution in [-0.2, 0) is 18.6 Å². The molecule has 14 heavy (non-hydrogen) atoms. The number of nitrogens with two attached hydrogens (primary N) is 1. The molecule has 0 saturated carbocycles. The van der Waals surface area contributed by atoms with E-state index in [-0.39, 0.29) is 6.61 Å². The van der Waals surface area contributed by atoms with Crippen LogP contribution in [0.25, 0.3) is 0 Å². The number of aromatic nitrogens is 2. The third kappa shape index (κ3) is 1.83. The van der Waals surface area contributed by atoms with Gasteiger partial charge in [-0.2, -0.15) is 11.8 Å². The van der Waals surface area contributed by atoms with E-state index in [0.29, 0.717) is 18.1 Å². The van der Waals surface area contributed by atoms with E-state index in [0.717, 1.165) is 29.2 Å². The molecule has 0 aromatic carbocycles. The summed E-state index contributed by atoms with van der Waals surface area (Å²) in [5.74, 6) is 3.27. The molecule has 1 aliphatic heterocycles. The standard InChI is InChI=1S/C9H13N3OS/c10-9-6-5-14-4-2-7(6)11-8(12-9)1-3-13/h13H,1-5H2,(H2,10,11,12). The zero-order valence-electron chi connectivity index (χ0n) is 7.86. The molecule has 0 spiro atoms. The normalized spacial score (nSPS) is 15.2. The molecule has 0 bridgehead atoms. The maximum atomic E-state index is 8.79. The highest BCUT2D eigenvalue weighted by Crippen LogP contribution is 2.26. The molecule has 1 aliphatic rings. The van der Waals surface area contributed by atoms with E-state index in [4.69, 9.17) is 10.8 Å². The molecular weight excluding hydrogens is 198 g/mol. The van der Waals surface area contributed by atoms with Crippen LogP contribution in [0, 0.1) is 0 Å². The van der Waals surface area contributed by atoms with Crippen molar-refractivity contribution >= 4 is 17.6 Å². The molecule has 2 heterocycles. The van der Waals surface area contributed by atoms with E-state index in [1.807, 2.05) is 11.8 Å². The quantitative estimate of drug-likeness (QED) is 0.740. The molecule has 0 aliphatic carbocycles. The molecule has 0 unspecified atom stereocenters. The second-order valence-electron chi connectivity index (χ2n) is 3.23. The van der Waals surface area contributed by atoms with Crippen molar-refractivity contribution in [2.75, 3.05) is 18.1 Å². The van der Waals surface area contributed by atoms with Gasteiger partial charge in [0.15, 0.2) is 0 Å². The number of nitrogen functional groups attached to an aromatic ring is 1. The molecule has 1 aromatic rings. The van der Waals surface area contributed by atoms with Gasteiger partial charge in [0.1, 0.15) is 11.6 Å². The summed E-state index contributed by atoms with van der Waals surface area (Å²) in [4.78, 5) is 8.57. The number of rotatable bonds is 2. The first-order valence-electron chi connectivity index (χ1n) is 4.64. The Morgan fingerprint density at radius 1 is 1.43 bits per heavy atom. The van der Waals surface area contributed by atoms with Crippen molar-refractivity contribution in [1.29, 1.82) is 0 Å². The van der Waals surface area contributed by atoms with Gasteiger partial charge in [0.05, 0.1) is 12.3 Å². The average Bonchev–Trinajstić information content (AvgIpc) is 2.18. The molecule has 0 amide bonds. The van der Waals surface area contributed by atoms with E-state index >= 15 is 0 Å². The second kappa shape index (κ2) is 4.14. The SMILES string of the molecule is Nc1nc(CCO)nc2c1CSCC2. The van der Waals surface area contributed by atoms with Gasteiger partial charge in [0, 0.05) is 17.7 Å². The van der Waals surface area contributed by atoms with Crippen molar-refractivity contribution in [1.82, 2.24) is 9.97 Å². The van der Waals surface area contributed by atoms with Crippen molar-refractivity contribution in [3.63, 3.8) is 0 Å². The lowest BCUT2D eigenvalue weighted by molar-refractivity contribution is 0.296. The number of fused-ring (bicyclic) bond motifs is 1. The van der Waals surface area contributed by atoms with Crippen LogP contribution in [0.1, 0.15) is 17.1 Å². The van der Waals surface area contributed by atoms with Crippen molar-refractivity contribution in [2.24, 2.45) is 0 Å². The Labute approximate surface area is 86.9 Å². The number of hydrogen-bond donors (Lipinski definition) is 2. The molecule has 0 fully saturated rings. The number of aliphatic hydroxyl groups excluding tert-OH is 1. The lowest BCUT2D eigenvalue weighted by Gasteiger charge is -2.16. The Morgan fingerprint density at radius 3 is 3.07 bits per heavy atom. The summed E-state index contributed by atoms with van der Waals surface area (Å²) in [6.45, 7) is 0.0764. The molecule has 0 radical (unpaired) electrons. The van der Waals surface area contributed by atoms with Crippen LogP contribution in [0.5, 0.6) is 0 Å². The summed E-state index contributed by atoms with van der Waals surface area (Å²) < 4.78 is 0. The van der Waals surface area contributed by atoms with Gasteiger partial charge >= 0.3 is 0 Å². The van der Waals surface area contributed by atoms with Crippen LogP contribution in [0.2, 0.25) is 0 Å². The molecule has 76 valence electrons. The first-order valence-corrected chi connectivity index (χ1v) is 5.79. The van der Waals surface area contributed by atoms with Crippen molar-refractivity contribution in [3.8, 4) is 0 Å². The van der Waals surface area contributed by atoms with Gasteiger partial charge < -0.3 is 10.8 Å². The van der Waals surface area contributed by atoms with Crippen LogP contribution < -0.4 is 5.73 Å². The summed E-state index contributed by atoms with van der Waals surface area (Å²) in [6, 6.07) is 0. The zero-order valence-corrected chi connectivity index (χ0v) is 8.68. The number of nitrogens with zero attached hydrogens (tertiary/aromatic N) is 2. The maximum absolute atomic E-state index is 8.79. The van der Waals surface area contributed by atoms with Crippen molar-refractivity contribution in [3.05, 3.63) is 17.1 Å². The Bertz CT molecular complexity index is 343. The fraction of sp³-hybridized carbons (Fsp3) is 0.556. The molecular formula is C9H13N3OS. The second-order valence-corrected chi connectivity index (χ2v) is 4.33. The smallest absolute Gasteiger partial charge is 0.133 e. The molecule has 2 rings (SSSR count).